The van der Waals surface area contributed by atoms with Crippen molar-refractivity contribution in [1.82, 2.24) is 35.2 Å². The SMILES string of the molecule is Cc1ccccc1-c1noc(Cn2nnc(CCN3C(=O)c4ccccc4C3=O)n2)n1. The zero-order valence-electron chi connectivity index (χ0n) is 16.6. The number of hydrogen-bond acceptors (Lipinski definition) is 8. The van der Waals surface area contributed by atoms with Gasteiger partial charge in [0, 0.05) is 18.5 Å². The minimum absolute atomic E-state index is 0.166. The molecule has 5 rings (SSSR count). The average molecular weight is 415 g/mol. The van der Waals surface area contributed by atoms with Crippen molar-refractivity contribution in [3.63, 3.8) is 0 Å². The molecule has 2 aromatic heterocycles. The van der Waals surface area contributed by atoms with E-state index in [9.17, 15) is 9.59 Å². The number of nitrogens with zero attached hydrogens (tertiary/aromatic N) is 7. The molecule has 0 fully saturated rings. The van der Waals surface area contributed by atoms with E-state index in [1.165, 1.54) is 9.70 Å². The monoisotopic (exact) mass is 415 g/mol. The van der Waals surface area contributed by atoms with Crippen molar-refractivity contribution in [2.45, 2.75) is 19.9 Å². The van der Waals surface area contributed by atoms with Crippen molar-refractivity contribution in [3.8, 4) is 11.4 Å². The highest BCUT2D eigenvalue weighted by Crippen LogP contribution is 2.22. The van der Waals surface area contributed by atoms with Gasteiger partial charge in [-0.15, -0.1) is 10.2 Å². The summed E-state index contributed by atoms with van der Waals surface area (Å²) in [5.74, 6) is 0.655. The van der Waals surface area contributed by atoms with E-state index in [1.54, 1.807) is 24.3 Å². The van der Waals surface area contributed by atoms with E-state index in [0.717, 1.165) is 11.1 Å². The number of carbonyl (C=O) groups is 2. The first-order valence-electron chi connectivity index (χ1n) is 9.70. The van der Waals surface area contributed by atoms with Crippen LogP contribution >= 0.6 is 0 Å². The van der Waals surface area contributed by atoms with Crippen LogP contribution in [-0.2, 0) is 13.0 Å². The molecule has 0 radical (unpaired) electrons. The van der Waals surface area contributed by atoms with Crippen LogP contribution in [0.2, 0.25) is 0 Å². The highest BCUT2D eigenvalue weighted by molar-refractivity contribution is 6.21. The lowest BCUT2D eigenvalue weighted by Crippen LogP contribution is -2.32. The van der Waals surface area contributed by atoms with Crippen LogP contribution in [-0.4, -0.2) is 53.6 Å². The molecule has 0 bridgehead atoms. The van der Waals surface area contributed by atoms with Crippen LogP contribution in [0.5, 0.6) is 0 Å². The van der Waals surface area contributed by atoms with Gasteiger partial charge in [-0.25, -0.2) is 0 Å². The second-order valence-corrected chi connectivity index (χ2v) is 7.12. The molecular formula is C21H17N7O3. The van der Waals surface area contributed by atoms with Crippen molar-refractivity contribution >= 4 is 11.8 Å². The molecule has 0 spiro atoms. The minimum Gasteiger partial charge on any atom is -0.337 e. The molecule has 3 heterocycles. The Bertz CT molecular complexity index is 1260. The van der Waals surface area contributed by atoms with Gasteiger partial charge in [-0.05, 0) is 29.8 Å². The summed E-state index contributed by atoms with van der Waals surface area (Å²) >= 11 is 0. The Morgan fingerprint density at radius 1 is 0.935 bits per heavy atom. The normalized spacial score (nSPS) is 13.1. The lowest BCUT2D eigenvalue weighted by Gasteiger charge is -2.11. The molecule has 2 amide bonds. The molecule has 1 aliphatic heterocycles. The summed E-state index contributed by atoms with van der Waals surface area (Å²) in [7, 11) is 0. The van der Waals surface area contributed by atoms with Gasteiger partial charge in [-0.3, -0.25) is 14.5 Å². The number of rotatable bonds is 6. The Morgan fingerprint density at radius 2 is 1.61 bits per heavy atom. The minimum atomic E-state index is -0.303. The molecule has 10 heteroatoms. The number of carbonyl (C=O) groups excluding carboxylic acids is 2. The van der Waals surface area contributed by atoms with E-state index in [1.807, 2.05) is 31.2 Å². The maximum Gasteiger partial charge on any atom is 0.261 e. The van der Waals surface area contributed by atoms with E-state index in [-0.39, 0.29) is 24.9 Å². The third-order valence-electron chi connectivity index (χ3n) is 5.06. The molecule has 0 saturated heterocycles. The molecular weight excluding hydrogens is 398 g/mol. The summed E-state index contributed by atoms with van der Waals surface area (Å²) in [4.78, 5) is 31.8. The maximum absolute atomic E-state index is 12.4. The van der Waals surface area contributed by atoms with Crippen LogP contribution in [0.3, 0.4) is 0 Å². The number of aryl methyl sites for hydroxylation is 1. The molecule has 2 aromatic carbocycles. The summed E-state index contributed by atoms with van der Waals surface area (Å²) in [5.41, 5.74) is 2.78. The zero-order chi connectivity index (χ0) is 21.4. The smallest absolute Gasteiger partial charge is 0.261 e. The second-order valence-electron chi connectivity index (χ2n) is 7.12. The van der Waals surface area contributed by atoms with E-state index in [4.69, 9.17) is 4.52 Å². The summed E-state index contributed by atoms with van der Waals surface area (Å²) in [6, 6.07) is 14.5. The van der Waals surface area contributed by atoms with Gasteiger partial charge in [0.15, 0.2) is 5.82 Å². The Morgan fingerprint density at radius 3 is 2.32 bits per heavy atom. The Balaban J connectivity index is 1.23. The third-order valence-corrected chi connectivity index (χ3v) is 5.06. The highest BCUT2D eigenvalue weighted by atomic mass is 16.5. The quantitative estimate of drug-likeness (QED) is 0.438. The van der Waals surface area contributed by atoms with Gasteiger partial charge in [0.2, 0.25) is 5.82 Å². The molecule has 4 aromatic rings. The molecule has 1 aliphatic rings. The van der Waals surface area contributed by atoms with Crippen LogP contribution in [0, 0.1) is 6.92 Å². The van der Waals surface area contributed by atoms with Crippen molar-refractivity contribution in [1.29, 1.82) is 0 Å². The van der Waals surface area contributed by atoms with E-state index in [2.05, 4.69) is 25.6 Å². The molecule has 10 nitrogen and oxygen atoms in total. The van der Waals surface area contributed by atoms with Crippen molar-refractivity contribution in [2.75, 3.05) is 6.54 Å². The lowest BCUT2D eigenvalue weighted by molar-refractivity contribution is 0.0655. The standard InChI is InChI=1S/C21H17N7O3/c1-13-6-2-3-7-14(13)19-22-18(31-25-19)12-28-24-17(23-26-28)10-11-27-20(29)15-8-4-5-9-16(15)21(27)30/h2-9H,10-12H2,1H3. The van der Waals surface area contributed by atoms with Gasteiger partial charge in [0.1, 0.15) is 6.54 Å². The first kappa shape index (κ1) is 18.8. The van der Waals surface area contributed by atoms with Crippen LogP contribution < -0.4 is 0 Å². The molecule has 31 heavy (non-hydrogen) atoms. The van der Waals surface area contributed by atoms with Gasteiger partial charge >= 0.3 is 0 Å². The Labute approximate surface area is 176 Å². The number of hydrogen-bond donors (Lipinski definition) is 0. The Hall–Kier alpha value is -4.21. The van der Waals surface area contributed by atoms with Crippen LogP contribution in [0.25, 0.3) is 11.4 Å². The van der Waals surface area contributed by atoms with Gasteiger partial charge < -0.3 is 4.52 Å². The largest absolute Gasteiger partial charge is 0.337 e. The molecule has 0 N–H and O–H groups in total. The number of aromatic nitrogens is 6. The number of benzene rings is 2. The van der Waals surface area contributed by atoms with Gasteiger partial charge in [-0.2, -0.15) is 9.78 Å². The first-order valence-corrected chi connectivity index (χ1v) is 9.70. The summed E-state index contributed by atoms with van der Waals surface area (Å²) in [6.07, 6.45) is 0.295. The molecule has 0 atom stereocenters. The number of tetrazole rings is 1. The highest BCUT2D eigenvalue weighted by Gasteiger charge is 2.34. The second kappa shape index (κ2) is 7.56. The maximum atomic E-state index is 12.4. The van der Waals surface area contributed by atoms with Gasteiger partial charge in [0.05, 0.1) is 11.1 Å². The predicted molar refractivity (Wildman–Crippen MR) is 107 cm³/mol. The number of fused-ring (bicyclic) bond motifs is 1. The van der Waals surface area contributed by atoms with E-state index >= 15 is 0 Å². The van der Waals surface area contributed by atoms with Crippen LogP contribution in [0.1, 0.15) is 38.0 Å². The van der Waals surface area contributed by atoms with Crippen molar-refractivity contribution < 1.29 is 14.1 Å². The first-order chi connectivity index (χ1) is 15.1. The fraction of sp³-hybridized carbons (Fsp3) is 0.190. The number of imide groups is 1. The number of amides is 2. The molecule has 0 aliphatic carbocycles. The topological polar surface area (TPSA) is 120 Å². The lowest BCUT2D eigenvalue weighted by atomic mass is 10.1. The fourth-order valence-corrected chi connectivity index (χ4v) is 3.47. The summed E-state index contributed by atoms with van der Waals surface area (Å²) in [5, 5.41) is 16.3. The molecule has 0 saturated carbocycles. The molecule has 0 unspecified atom stereocenters. The fourth-order valence-electron chi connectivity index (χ4n) is 3.47. The summed E-state index contributed by atoms with van der Waals surface area (Å²) < 4.78 is 5.31. The average Bonchev–Trinajstić information content (AvgIpc) is 3.48. The Kier molecular flexibility index (Phi) is 4.58. The predicted octanol–water partition coefficient (Wildman–Crippen LogP) is 1.92. The van der Waals surface area contributed by atoms with Gasteiger partial charge in [-0.1, -0.05) is 41.6 Å². The van der Waals surface area contributed by atoms with Crippen LogP contribution in [0.4, 0.5) is 0 Å². The van der Waals surface area contributed by atoms with E-state index in [0.29, 0.717) is 35.1 Å². The molecule has 154 valence electrons. The van der Waals surface area contributed by atoms with Crippen LogP contribution in [0.15, 0.2) is 53.1 Å². The van der Waals surface area contributed by atoms with Crippen molar-refractivity contribution in [3.05, 3.63) is 76.9 Å². The zero-order valence-corrected chi connectivity index (χ0v) is 16.6. The van der Waals surface area contributed by atoms with Crippen molar-refractivity contribution in [2.24, 2.45) is 0 Å². The third kappa shape index (κ3) is 3.48. The summed E-state index contributed by atoms with van der Waals surface area (Å²) in [6.45, 7) is 2.32. The van der Waals surface area contributed by atoms with Gasteiger partial charge in [0.25, 0.3) is 17.7 Å². The van der Waals surface area contributed by atoms with E-state index < -0.39 is 0 Å².